The van der Waals surface area contributed by atoms with Gasteiger partial charge in [-0.05, 0) is 31.7 Å². The van der Waals surface area contributed by atoms with Crippen molar-refractivity contribution in [2.45, 2.75) is 19.8 Å². The highest BCUT2D eigenvalue weighted by atomic mass is 32.1. The third-order valence-corrected chi connectivity index (χ3v) is 3.49. The molecule has 0 radical (unpaired) electrons. The quantitative estimate of drug-likeness (QED) is 0.695. The van der Waals surface area contributed by atoms with Crippen molar-refractivity contribution in [1.29, 1.82) is 0 Å². The van der Waals surface area contributed by atoms with Crippen LogP contribution in [0.25, 0.3) is 0 Å². The molecule has 76 valence electrons. The molecule has 0 saturated heterocycles. The van der Waals surface area contributed by atoms with Crippen molar-refractivity contribution in [2.75, 3.05) is 18.0 Å². The predicted octanol–water partition coefficient (Wildman–Crippen LogP) is 2.80. The molecule has 2 nitrogen and oxygen atoms in total. The molecule has 3 heteroatoms. The maximum absolute atomic E-state index is 10.6. The topological polar surface area (TPSA) is 20.3 Å². The number of hydrogen-bond acceptors (Lipinski definition) is 3. The average Bonchev–Trinajstić information content (AvgIpc) is 2.90. The number of carbonyl (C=O) groups is 1. The lowest BCUT2D eigenvalue weighted by Crippen LogP contribution is -2.24. The lowest BCUT2D eigenvalue weighted by molar-refractivity contribution is 0.112. The average molecular weight is 209 g/mol. The van der Waals surface area contributed by atoms with Crippen molar-refractivity contribution in [3.8, 4) is 0 Å². The second-order valence-electron chi connectivity index (χ2n) is 3.81. The molecule has 0 aliphatic heterocycles. The summed E-state index contributed by atoms with van der Waals surface area (Å²) in [5, 5.41) is 2.08. The van der Waals surface area contributed by atoms with Gasteiger partial charge in [0.15, 0.2) is 6.29 Å². The Bertz CT molecular complexity index is 317. The number of aldehydes is 1. The lowest BCUT2D eigenvalue weighted by Gasteiger charge is -2.21. The lowest BCUT2D eigenvalue weighted by atomic mass is 10.3. The number of nitrogens with zero attached hydrogens (tertiary/aromatic N) is 1. The summed E-state index contributed by atoms with van der Waals surface area (Å²) < 4.78 is 0. The van der Waals surface area contributed by atoms with E-state index in [0.717, 1.165) is 30.2 Å². The second kappa shape index (κ2) is 4.13. The van der Waals surface area contributed by atoms with Crippen LogP contribution in [0.15, 0.2) is 11.4 Å². The maximum Gasteiger partial charge on any atom is 0.160 e. The first-order valence-electron chi connectivity index (χ1n) is 5.12. The molecule has 2 rings (SSSR count). The van der Waals surface area contributed by atoms with Crippen molar-refractivity contribution in [3.05, 3.63) is 16.3 Å². The Morgan fingerprint density at radius 2 is 2.43 bits per heavy atom. The van der Waals surface area contributed by atoms with Gasteiger partial charge in [-0.1, -0.05) is 0 Å². The Morgan fingerprint density at radius 3 is 2.93 bits per heavy atom. The van der Waals surface area contributed by atoms with E-state index in [1.54, 1.807) is 0 Å². The largest absolute Gasteiger partial charge is 0.371 e. The first-order chi connectivity index (χ1) is 6.83. The summed E-state index contributed by atoms with van der Waals surface area (Å²) >= 11 is 1.53. The summed E-state index contributed by atoms with van der Waals surface area (Å²) in [6.45, 7) is 4.36. The highest BCUT2D eigenvalue weighted by Gasteiger charge is 2.24. The standard InChI is InChI=1S/C11H15NOS/c1-2-12(6-9-3-4-9)10-5-11(7-13)14-8-10/h5,7-9H,2-4,6H2,1H3. The van der Waals surface area contributed by atoms with Gasteiger partial charge >= 0.3 is 0 Å². The van der Waals surface area contributed by atoms with Crippen LogP contribution < -0.4 is 4.90 Å². The molecule has 0 spiro atoms. The first-order valence-corrected chi connectivity index (χ1v) is 6.00. The predicted molar refractivity (Wildman–Crippen MR) is 60.3 cm³/mol. The van der Waals surface area contributed by atoms with Crippen molar-refractivity contribution >= 4 is 23.3 Å². The second-order valence-corrected chi connectivity index (χ2v) is 4.75. The van der Waals surface area contributed by atoms with E-state index >= 15 is 0 Å². The smallest absolute Gasteiger partial charge is 0.160 e. The van der Waals surface area contributed by atoms with Gasteiger partial charge in [-0.3, -0.25) is 4.79 Å². The van der Waals surface area contributed by atoms with Crippen molar-refractivity contribution in [2.24, 2.45) is 5.92 Å². The van der Waals surface area contributed by atoms with E-state index in [0.29, 0.717) is 0 Å². The molecule has 14 heavy (non-hydrogen) atoms. The van der Waals surface area contributed by atoms with E-state index in [4.69, 9.17) is 0 Å². The Morgan fingerprint density at radius 1 is 1.64 bits per heavy atom. The zero-order chi connectivity index (χ0) is 9.97. The Kier molecular flexibility index (Phi) is 2.87. The maximum atomic E-state index is 10.6. The fraction of sp³-hybridized carbons (Fsp3) is 0.545. The summed E-state index contributed by atoms with van der Waals surface area (Å²) in [5.41, 5.74) is 1.21. The normalized spacial score (nSPS) is 15.5. The minimum atomic E-state index is 0.828. The fourth-order valence-corrected chi connectivity index (χ4v) is 2.32. The van der Waals surface area contributed by atoms with Gasteiger partial charge in [0.2, 0.25) is 0 Å². The summed E-state index contributed by atoms with van der Waals surface area (Å²) in [5.74, 6) is 0.898. The van der Waals surface area contributed by atoms with E-state index in [1.165, 1.54) is 29.9 Å². The van der Waals surface area contributed by atoms with Crippen LogP contribution in [0, 0.1) is 5.92 Å². The third kappa shape index (κ3) is 2.15. The van der Waals surface area contributed by atoms with Crippen molar-refractivity contribution in [3.63, 3.8) is 0 Å². The molecule has 0 unspecified atom stereocenters. The van der Waals surface area contributed by atoms with Gasteiger partial charge in [0, 0.05) is 24.2 Å². The van der Waals surface area contributed by atoms with E-state index in [-0.39, 0.29) is 0 Å². The van der Waals surface area contributed by atoms with Gasteiger partial charge in [-0.15, -0.1) is 11.3 Å². The van der Waals surface area contributed by atoms with Crippen molar-refractivity contribution < 1.29 is 4.79 Å². The molecule has 1 aromatic rings. The molecule has 1 saturated carbocycles. The van der Waals surface area contributed by atoms with E-state index in [1.807, 2.05) is 6.07 Å². The monoisotopic (exact) mass is 209 g/mol. The minimum absolute atomic E-state index is 0.828. The molecular weight excluding hydrogens is 194 g/mol. The Labute approximate surface area is 88.5 Å². The molecule has 1 aromatic heterocycles. The third-order valence-electron chi connectivity index (χ3n) is 2.64. The molecule has 1 aliphatic carbocycles. The van der Waals surface area contributed by atoms with E-state index in [2.05, 4.69) is 17.2 Å². The highest BCUT2D eigenvalue weighted by Crippen LogP contribution is 2.32. The molecule has 0 atom stereocenters. The molecule has 1 aliphatic rings. The summed E-state index contributed by atoms with van der Waals surface area (Å²) in [6, 6.07) is 1.99. The van der Waals surface area contributed by atoms with Gasteiger partial charge in [-0.25, -0.2) is 0 Å². The van der Waals surface area contributed by atoms with Crippen LogP contribution in [0.4, 0.5) is 5.69 Å². The van der Waals surface area contributed by atoms with Crippen LogP contribution >= 0.6 is 11.3 Å². The van der Waals surface area contributed by atoms with Crippen LogP contribution in [0.5, 0.6) is 0 Å². The van der Waals surface area contributed by atoms with Crippen LogP contribution in [-0.2, 0) is 0 Å². The first kappa shape index (κ1) is 9.71. The van der Waals surface area contributed by atoms with Gasteiger partial charge in [0.05, 0.1) is 4.88 Å². The Hall–Kier alpha value is -0.830. The van der Waals surface area contributed by atoms with Crippen LogP contribution in [0.3, 0.4) is 0 Å². The Balaban J connectivity index is 2.04. The molecule has 1 heterocycles. The van der Waals surface area contributed by atoms with Gasteiger partial charge in [0.1, 0.15) is 0 Å². The molecule has 0 amide bonds. The summed E-state index contributed by atoms with van der Waals surface area (Å²) in [7, 11) is 0. The van der Waals surface area contributed by atoms with Gasteiger partial charge < -0.3 is 4.90 Å². The zero-order valence-electron chi connectivity index (χ0n) is 8.40. The van der Waals surface area contributed by atoms with Crippen LogP contribution in [0.1, 0.15) is 29.4 Å². The number of hydrogen-bond donors (Lipinski definition) is 0. The van der Waals surface area contributed by atoms with Crippen LogP contribution in [-0.4, -0.2) is 19.4 Å². The molecule has 0 aromatic carbocycles. The number of carbonyl (C=O) groups excluding carboxylic acids is 1. The van der Waals surface area contributed by atoms with E-state index < -0.39 is 0 Å². The number of anilines is 1. The minimum Gasteiger partial charge on any atom is -0.371 e. The molecule has 0 N–H and O–H groups in total. The van der Waals surface area contributed by atoms with Crippen LogP contribution in [0.2, 0.25) is 0 Å². The SMILES string of the molecule is CCN(CC1CC1)c1csc(C=O)c1. The van der Waals surface area contributed by atoms with E-state index in [9.17, 15) is 4.79 Å². The van der Waals surface area contributed by atoms with Crippen molar-refractivity contribution in [1.82, 2.24) is 0 Å². The highest BCUT2D eigenvalue weighted by molar-refractivity contribution is 7.12. The van der Waals surface area contributed by atoms with Gasteiger partial charge in [0.25, 0.3) is 0 Å². The summed E-state index contributed by atoms with van der Waals surface area (Å²) in [6.07, 6.45) is 3.68. The molecule has 1 fully saturated rings. The molecule has 0 bridgehead atoms. The van der Waals surface area contributed by atoms with Gasteiger partial charge in [-0.2, -0.15) is 0 Å². The number of rotatable bonds is 5. The molecular formula is C11H15NOS. The number of thiophene rings is 1. The fourth-order valence-electron chi connectivity index (χ4n) is 1.60. The zero-order valence-corrected chi connectivity index (χ0v) is 9.22. The summed E-state index contributed by atoms with van der Waals surface area (Å²) in [4.78, 5) is 13.7.